The number of nitrogens with zero attached hydrogens (tertiary/aromatic N) is 6. The highest BCUT2D eigenvalue weighted by Gasteiger charge is 2.40. The fourth-order valence-electron chi connectivity index (χ4n) is 9.95. The molecule has 0 radical (unpaired) electrons. The molecule has 2 aromatic carbocycles. The van der Waals surface area contributed by atoms with Gasteiger partial charge in [0.05, 0.1) is 76.7 Å². The van der Waals surface area contributed by atoms with Crippen molar-refractivity contribution in [1.82, 2.24) is 49.9 Å². The first-order valence-corrected chi connectivity index (χ1v) is 24.7. The van der Waals surface area contributed by atoms with Crippen molar-refractivity contribution in [1.29, 1.82) is 0 Å². The van der Waals surface area contributed by atoms with Crippen molar-refractivity contribution in [3.05, 3.63) is 82.3 Å². The van der Waals surface area contributed by atoms with Crippen molar-refractivity contribution >= 4 is 46.2 Å². The van der Waals surface area contributed by atoms with Gasteiger partial charge >= 0.3 is 12.2 Å². The van der Waals surface area contributed by atoms with Crippen LogP contribution in [-0.2, 0) is 25.5 Å². The molecule has 5 atom stereocenters. The number of fused-ring (bicyclic) bond motifs is 5. The van der Waals surface area contributed by atoms with E-state index in [0.717, 1.165) is 51.3 Å². The number of hydrogen-bond donors (Lipinski definition) is 4. The van der Waals surface area contributed by atoms with Crippen LogP contribution >= 0.6 is 11.3 Å². The van der Waals surface area contributed by atoms with Crippen LogP contribution < -0.4 is 15.4 Å². The van der Waals surface area contributed by atoms with E-state index in [4.69, 9.17) is 29.2 Å². The Morgan fingerprint density at radius 1 is 0.800 bits per heavy atom. The Balaban J connectivity index is 1.04. The zero-order valence-electron chi connectivity index (χ0n) is 41.0. The van der Waals surface area contributed by atoms with E-state index in [1.165, 1.54) is 20.3 Å². The number of likely N-dealkylation sites (tertiary alicyclic amines) is 2. The molecular formula is C51H61FN10O7S. The highest BCUT2D eigenvalue weighted by molar-refractivity contribution is 7.11. The van der Waals surface area contributed by atoms with Crippen LogP contribution in [0.25, 0.3) is 44.7 Å². The van der Waals surface area contributed by atoms with E-state index in [1.807, 2.05) is 68.8 Å². The number of H-pyrrole nitrogens is 2. The number of methoxy groups -OCH3 is 2. The maximum atomic E-state index is 17.0. The Morgan fingerprint density at radius 2 is 1.37 bits per heavy atom. The fraction of sp³-hybridized carbons (Fsp3) is 0.471. The fourth-order valence-corrected chi connectivity index (χ4v) is 11.2. The van der Waals surface area contributed by atoms with Crippen molar-refractivity contribution in [3.63, 3.8) is 0 Å². The van der Waals surface area contributed by atoms with Crippen molar-refractivity contribution in [3.8, 4) is 39.5 Å². The Hall–Kier alpha value is -6.76. The van der Waals surface area contributed by atoms with Gasteiger partial charge in [-0.2, -0.15) is 0 Å². The van der Waals surface area contributed by atoms with Crippen LogP contribution in [0.1, 0.15) is 114 Å². The molecule has 70 heavy (non-hydrogen) atoms. The molecule has 6 aromatic rings. The summed E-state index contributed by atoms with van der Waals surface area (Å²) in [5.41, 5.74) is 4.51. The van der Waals surface area contributed by atoms with Gasteiger partial charge in [-0.3, -0.25) is 14.2 Å². The van der Waals surface area contributed by atoms with E-state index in [9.17, 15) is 19.2 Å². The zero-order chi connectivity index (χ0) is 49.8. The van der Waals surface area contributed by atoms with Crippen LogP contribution in [0.5, 0.6) is 5.75 Å². The number of imidazole rings is 2. The van der Waals surface area contributed by atoms with Gasteiger partial charge in [-0.05, 0) is 73.3 Å². The Morgan fingerprint density at radius 3 is 1.91 bits per heavy atom. The van der Waals surface area contributed by atoms with Crippen LogP contribution in [0.2, 0.25) is 0 Å². The third-order valence-electron chi connectivity index (χ3n) is 13.4. The lowest BCUT2D eigenvalue weighted by atomic mass is 9.93. The van der Waals surface area contributed by atoms with Crippen LogP contribution in [0.15, 0.2) is 55.0 Å². The molecule has 9 rings (SSSR count). The van der Waals surface area contributed by atoms with Gasteiger partial charge in [-0.1, -0.05) is 54.5 Å². The molecule has 0 bridgehead atoms. The maximum absolute atomic E-state index is 17.0. The number of alkyl carbamates (subject to hydrolysis) is 2. The highest BCUT2D eigenvalue weighted by Crippen LogP contribution is 2.48. The van der Waals surface area contributed by atoms with Crippen LogP contribution in [-0.4, -0.2) is 103 Å². The van der Waals surface area contributed by atoms with Gasteiger partial charge in [0.15, 0.2) is 0 Å². The molecule has 0 saturated carbocycles. The van der Waals surface area contributed by atoms with E-state index in [-0.39, 0.29) is 41.1 Å². The molecule has 4 N–H and O–H groups in total. The molecule has 4 aromatic heterocycles. The largest absolute Gasteiger partial charge is 0.464 e. The van der Waals surface area contributed by atoms with Gasteiger partial charge in [-0.15, -0.1) is 11.3 Å². The highest BCUT2D eigenvalue weighted by atomic mass is 32.1. The van der Waals surface area contributed by atoms with E-state index in [1.54, 1.807) is 33.5 Å². The first-order chi connectivity index (χ1) is 33.4. The number of halogens is 1. The molecule has 3 aliphatic heterocycles. The van der Waals surface area contributed by atoms with Crippen molar-refractivity contribution in [2.24, 2.45) is 17.3 Å². The summed E-state index contributed by atoms with van der Waals surface area (Å²) in [6, 6.07) is 9.16. The van der Waals surface area contributed by atoms with E-state index >= 15 is 4.39 Å². The van der Waals surface area contributed by atoms with E-state index in [0.29, 0.717) is 65.8 Å². The summed E-state index contributed by atoms with van der Waals surface area (Å²) in [7, 11) is 2.54. The molecule has 4 amide bonds. The SMILES string of the molecule is COC(=O)N[C@H](C(=O)N1CCC[C@H]1c1ncc(-c2cc(F)c3c(c2)OC(c2cnc(CC(C)(C)C)s2)n2c-3cc3cc(-c4cnc([C@@H]5CCCN5C(=O)[C@@H](NC(=O)OC)C(C)C)[nH]4)ccc32)[nH]1)C(C)C. The maximum Gasteiger partial charge on any atom is 0.407 e. The lowest BCUT2D eigenvalue weighted by molar-refractivity contribution is -0.136. The summed E-state index contributed by atoms with van der Waals surface area (Å²) < 4.78 is 35.5. The molecule has 3 aliphatic rings. The predicted octanol–water partition coefficient (Wildman–Crippen LogP) is 9.30. The Labute approximate surface area is 409 Å². The number of thiazole rings is 1. The van der Waals surface area contributed by atoms with Crippen molar-refractivity contribution < 1.29 is 37.8 Å². The monoisotopic (exact) mass is 976 g/mol. The number of carbonyl (C=O) groups excluding carboxylic acids is 4. The standard InChI is InChI=1S/C51H61FN10O7S/c1-26(2)42(58-49(65)67-8)46(63)60-16-10-12-35(60)44-54-23-32(56-44)28-14-15-34-30(18-28)20-37-41-31(52)19-29(21-38(41)69-48(62(34)37)39-25-53-40(70-39)22-51(5,6)7)33-24-55-45(57-33)36-13-11-17-61(36)47(64)43(27(3)4)59-50(66)68-9/h14-15,18-21,23-27,35-36,42-43,48H,10-13,16-17,22H2,1-9H3,(H,54,56)(H,55,57)(H,58,65)(H,59,66)/t35-,36-,42-,43-,48?/m0/s1. The number of hydrogen-bond acceptors (Lipinski definition) is 11. The van der Waals surface area contributed by atoms with E-state index < -0.39 is 36.3 Å². The van der Waals surface area contributed by atoms with Crippen LogP contribution in [0, 0.1) is 23.1 Å². The minimum atomic E-state index is -0.777. The lowest BCUT2D eigenvalue weighted by Gasteiger charge is -2.30. The molecule has 2 saturated heterocycles. The molecule has 0 aliphatic carbocycles. The second-order valence-corrected chi connectivity index (χ2v) is 21.5. The summed E-state index contributed by atoms with van der Waals surface area (Å²) in [5.74, 6) is 0.355. The molecule has 7 heterocycles. The van der Waals surface area contributed by atoms with Gasteiger partial charge in [0.1, 0.15) is 35.3 Å². The third-order valence-corrected chi connectivity index (χ3v) is 14.4. The number of aromatic amines is 2. The molecular weight excluding hydrogens is 916 g/mol. The molecule has 1 unspecified atom stereocenters. The van der Waals surface area contributed by atoms with Gasteiger partial charge in [0, 0.05) is 42.2 Å². The molecule has 19 heteroatoms. The summed E-state index contributed by atoms with van der Waals surface area (Å²) in [6.45, 7) is 15.1. The van der Waals surface area contributed by atoms with Crippen LogP contribution in [0.4, 0.5) is 14.0 Å². The zero-order valence-corrected chi connectivity index (χ0v) is 41.8. The van der Waals surface area contributed by atoms with E-state index in [2.05, 4.69) is 41.4 Å². The first-order valence-electron chi connectivity index (χ1n) is 23.9. The Kier molecular flexibility index (Phi) is 13.2. The number of ether oxygens (including phenoxy) is 3. The summed E-state index contributed by atoms with van der Waals surface area (Å²) in [6.07, 6.45) is 6.98. The molecule has 370 valence electrons. The molecule has 0 spiro atoms. The molecule has 17 nitrogen and oxygen atoms in total. The summed E-state index contributed by atoms with van der Waals surface area (Å²) in [4.78, 5) is 77.5. The first kappa shape index (κ1) is 48.3. The number of rotatable bonds is 12. The summed E-state index contributed by atoms with van der Waals surface area (Å²) in [5, 5.41) is 7.22. The lowest BCUT2D eigenvalue weighted by Crippen LogP contribution is -2.51. The van der Waals surface area contributed by atoms with Crippen molar-refractivity contribution in [2.45, 2.75) is 111 Å². The van der Waals surface area contributed by atoms with Gasteiger partial charge in [-0.25, -0.2) is 28.9 Å². The second-order valence-electron chi connectivity index (χ2n) is 20.3. The number of amides is 4. The minimum Gasteiger partial charge on any atom is -0.464 e. The Bertz CT molecular complexity index is 2950. The topological polar surface area (TPSA) is 202 Å². The minimum absolute atomic E-state index is 0.00698. The second kappa shape index (κ2) is 19.2. The van der Waals surface area contributed by atoms with Gasteiger partial charge < -0.3 is 44.6 Å². The summed E-state index contributed by atoms with van der Waals surface area (Å²) >= 11 is 1.58. The third kappa shape index (κ3) is 9.34. The predicted molar refractivity (Wildman–Crippen MR) is 262 cm³/mol. The number of carbonyl (C=O) groups is 4. The quantitative estimate of drug-likeness (QED) is 0.0916. The number of aromatic nitrogens is 6. The van der Waals surface area contributed by atoms with Gasteiger partial charge in [0.25, 0.3) is 0 Å². The number of nitrogens with one attached hydrogen (secondary N) is 4. The van der Waals surface area contributed by atoms with Gasteiger partial charge in [0.2, 0.25) is 18.0 Å². The normalized spacial score (nSPS) is 18.7. The average Bonchev–Trinajstić information content (AvgIpc) is 4.18. The smallest absolute Gasteiger partial charge is 0.407 e. The van der Waals surface area contributed by atoms with Crippen LogP contribution in [0.3, 0.4) is 0 Å². The average molecular weight is 977 g/mol. The van der Waals surface area contributed by atoms with Crippen molar-refractivity contribution in [2.75, 3.05) is 27.3 Å². The molecule has 2 fully saturated rings. The number of benzene rings is 2.